The van der Waals surface area contributed by atoms with Crippen molar-refractivity contribution in [2.45, 2.75) is 13.5 Å². The average Bonchev–Trinajstić information content (AvgIpc) is 2.44. The van der Waals surface area contributed by atoms with Gasteiger partial charge in [0.2, 0.25) is 0 Å². The number of methoxy groups -OCH3 is 1. The maximum atomic E-state index is 9.19. The highest BCUT2D eigenvalue weighted by molar-refractivity contribution is 5.82. The number of aromatic nitrogens is 1. The van der Waals surface area contributed by atoms with Crippen LogP contribution in [0.1, 0.15) is 11.3 Å². The fraction of sp³-hybridized carbons (Fsp3) is 0.438. The van der Waals surface area contributed by atoms with E-state index < -0.39 is 0 Å². The van der Waals surface area contributed by atoms with Crippen molar-refractivity contribution in [2.75, 3.05) is 33.4 Å². The number of benzene rings is 1. The quantitative estimate of drug-likeness (QED) is 0.838. The van der Waals surface area contributed by atoms with Crippen molar-refractivity contribution in [2.24, 2.45) is 0 Å². The number of hydrogen-bond donors (Lipinski definition) is 1. The van der Waals surface area contributed by atoms with E-state index in [2.05, 4.69) is 22.0 Å². The zero-order valence-electron chi connectivity index (χ0n) is 12.2. The second kappa shape index (κ2) is 7.33. The molecule has 0 aliphatic rings. The molecule has 0 spiro atoms. The Morgan fingerprint density at radius 2 is 2.05 bits per heavy atom. The molecule has 0 bridgehead atoms. The van der Waals surface area contributed by atoms with Crippen molar-refractivity contribution >= 4 is 10.9 Å². The van der Waals surface area contributed by atoms with Gasteiger partial charge in [0, 0.05) is 37.8 Å². The Morgan fingerprint density at radius 1 is 1.25 bits per heavy atom. The van der Waals surface area contributed by atoms with E-state index in [0.717, 1.165) is 24.3 Å². The Kier molecular flexibility index (Phi) is 5.47. The van der Waals surface area contributed by atoms with E-state index in [1.807, 2.05) is 25.1 Å². The van der Waals surface area contributed by atoms with Gasteiger partial charge in [-0.1, -0.05) is 18.2 Å². The minimum Gasteiger partial charge on any atom is -0.395 e. The Balaban J connectivity index is 2.26. The smallest absolute Gasteiger partial charge is 0.0708 e. The van der Waals surface area contributed by atoms with Gasteiger partial charge in [0.05, 0.1) is 18.7 Å². The summed E-state index contributed by atoms with van der Waals surface area (Å²) in [4.78, 5) is 6.76. The van der Waals surface area contributed by atoms with Gasteiger partial charge in [-0.2, -0.15) is 0 Å². The van der Waals surface area contributed by atoms with Crippen molar-refractivity contribution in [1.82, 2.24) is 9.88 Å². The third-order valence-corrected chi connectivity index (χ3v) is 3.35. The minimum atomic E-state index is 0.158. The molecule has 0 fully saturated rings. The van der Waals surface area contributed by atoms with Gasteiger partial charge in [-0.3, -0.25) is 9.88 Å². The Bertz CT molecular complexity index is 557. The number of nitrogens with zero attached hydrogens (tertiary/aromatic N) is 2. The molecule has 0 saturated carbocycles. The van der Waals surface area contributed by atoms with Gasteiger partial charge in [0.15, 0.2) is 0 Å². The van der Waals surface area contributed by atoms with E-state index in [9.17, 15) is 5.11 Å². The maximum Gasteiger partial charge on any atom is 0.0708 e. The predicted molar refractivity (Wildman–Crippen MR) is 80.7 cm³/mol. The van der Waals surface area contributed by atoms with Crippen LogP contribution in [0.4, 0.5) is 0 Å². The molecule has 20 heavy (non-hydrogen) atoms. The van der Waals surface area contributed by atoms with Crippen LogP contribution >= 0.6 is 0 Å². The third-order valence-electron chi connectivity index (χ3n) is 3.35. The van der Waals surface area contributed by atoms with Crippen LogP contribution in [0.25, 0.3) is 10.9 Å². The summed E-state index contributed by atoms with van der Waals surface area (Å²) in [5, 5.41) is 10.4. The topological polar surface area (TPSA) is 45.6 Å². The molecule has 0 aliphatic heterocycles. The van der Waals surface area contributed by atoms with Gasteiger partial charge in [0.25, 0.3) is 0 Å². The summed E-state index contributed by atoms with van der Waals surface area (Å²) in [6, 6.07) is 10.3. The molecule has 2 rings (SSSR count). The monoisotopic (exact) mass is 274 g/mol. The van der Waals surface area contributed by atoms with Crippen molar-refractivity contribution in [3.63, 3.8) is 0 Å². The second-order valence-electron chi connectivity index (χ2n) is 4.93. The van der Waals surface area contributed by atoms with Crippen LogP contribution in [0.5, 0.6) is 0 Å². The van der Waals surface area contributed by atoms with E-state index in [0.29, 0.717) is 13.2 Å². The van der Waals surface area contributed by atoms with Crippen LogP contribution < -0.4 is 0 Å². The van der Waals surface area contributed by atoms with E-state index in [4.69, 9.17) is 4.74 Å². The van der Waals surface area contributed by atoms with Gasteiger partial charge >= 0.3 is 0 Å². The molecule has 1 N–H and O–H groups in total. The Labute approximate surface area is 120 Å². The average molecular weight is 274 g/mol. The largest absolute Gasteiger partial charge is 0.395 e. The van der Waals surface area contributed by atoms with Crippen molar-refractivity contribution in [3.8, 4) is 0 Å². The molecule has 2 aromatic rings. The number of ether oxygens (including phenoxy) is 1. The first-order chi connectivity index (χ1) is 9.74. The zero-order valence-corrected chi connectivity index (χ0v) is 12.2. The van der Waals surface area contributed by atoms with Gasteiger partial charge in [-0.15, -0.1) is 0 Å². The molecule has 108 valence electrons. The van der Waals surface area contributed by atoms with Crippen LogP contribution in [-0.4, -0.2) is 48.4 Å². The summed E-state index contributed by atoms with van der Waals surface area (Å²) in [6.07, 6.45) is 0. The van der Waals surface area contributed by atoms with E-state index in [1.165, 1.54) is 10.9 Å². The van der Waals surface area contributed by atoms with Crippen molar-refractivity contribution < 1.29 is 9.84 Å². The molecule has 0 unspecified atom stereocenters. The molecule has 4 heteroatoms. The van der Waals surface area contributed by atoms with Gasteiger partial charge in [0.1, 0.15) is 0 Å². The number of para-hydroxylation sites is 1. The highest BCUT2D eigenvalue weighted by atomic mass is 16.5. The first-order valence-electron chi connectivity index (χ1n) is 6.92. The van der Waals surface area contributed by atoms with E-state index in [1.54, 1.807) is 7.11 Å². The highest BCUT2D eigenvalue weighted by Crippen LogP contribution is 2.19. The summed E-state index contributed by atoms with van der Waals surface area (Å²) in [7, 11) is 1.70. The number of aryl methyl sites for hydroxylation is 1. The zero-order chi connectivity index (χ0) is 14.4. The molecule has 4 nitrogen and oxygen atoms in total. The number of hydrogen-bond acceptors (Lipinski definition) is 4. The molecular weight excluding hydrogens is 252 g/mol. The number of aliphatic hydroxyl groups is 1. The SMILES string of the molecule is COCCN(CCO)Cc1cc(C)nc2ccccc12. The summed E-state index contributed by atoms with van der Waals surface area (Å²) in [5.41, 5.74) is 3.30. The molecular formula is C16H22N2O2. The number of aliphatic hydroxyl groups excluding tert-OH is 1. The van der Waals surface area contributed by atoms with E-state index in [-0.39, 0.29) is 6.61 Å². The van der Waals surface area contributed by atoms with Crippen molar-refractivity contribution in [3.05, 3.63) is 41.6 Å². The number of pyridine rings is 1. The minimum absolute atomic E-state index is 0.158. The normalized spacial score (nSPS) is 11.4. The summed E-state index contributed by atoms with van der Waals surface area (Å²) in [5.74, 6) is 0. The van der Waals surface area contributed by atoms with Crippen molar-refractivity contribution in [1.29, 1.82) is 0 Å². The highest BCUT2D eigenvalue weighted by Gasteiger charge is 2.09. The fourth-order valence-corrected chi connectivity index (χ4v) is 2.40. The molecule has 0 saturated heterocycles. The van der Waals surface area contributed by atoms with Crippen LogP contribution in [0, 0.1) is 6.92 Å². The lowest BCUT2D eigenvalue weighted by Crippen LogP contribution is -2.30. The Morgan fingerprint density at radius 3 is 2.80 bits per heavy atom. The molecule has 0 amide bonds. The van der Waals surface area contributed by atoms with Crippen LogP contribution in [0.3, 0.4) is 0 Å². The molecule has 1 heterocycles. The first kappa shape index (κ1) is 14.9. The van der Waals surface area contributed by atoms with Crippen LogP contribution in [-0.2, 0) is 11.3 Å². The molecule has 0 aliphatic carbocycles. The number of fused-ring (bicyclic) bond motifs is 1. The predicted octanol–water partition coefficient (Wildman–Crippen LogP) is 1.98. The molecule has 1 aromatic heterocycles. The molecule has 0 radical (unpaired) electrons. The van der Waals surface area contributed by atoms with Gasteiger partial charge < -0.3 is 9.84 Å². The molecule has 0 atom stereocenters. The van der Waals surface area contributed by atoms with Gasteiger partial charge in [-0.05, 0) is 24.6 Å². The summed E-state index contributed by atoms with van der Waals surface area (Å²) in [6.45, 7) is 5.11. The second-order valence-corrected chi connectivity index (χ2v) is 4.93. The fourth-order valence-electron chi connectivity index (χ4n) is 2.40. The van der Waals surface area contributed by atoms with Crippen LogP contribution in [0.15, 0.2) is 30.3 Å². The van der Waals surface area contributed by atoms with Gasteiger partial charge in [-0.25, -0.2) is 0 Å². The lowest BCUT2D eigenvalue weighted by molar-refractivity contribution is 0.127. The van der Waals surface area contributed by atoms with Crippen LogP contribution in [0.2, 0.25) is 0 Å². The summed E-state index contributed by atoms with van der Waals surface area (Å²) >= 11 is 0. The Hall–Kier alpha value is -1.49. The van der Waals surface area contributed by atoms with E-state index >= 15 is 0 Å². The lowest BCUT2D eigenvalue weighted by atomic mass is 10.1. The molecule has 1 aromatic carbocycles. The summed E-state index contributed by atoms with van der Waals surface area (Å²) < 4.78 is 5.13. The maximum absolute atomic E-state index is 9.19. The first-order valence-corrected chi connectivity index (χ1v) is 6.92. The number of rotatable bonds is 7. The standard InChI is InChI=1S/C16H22N2O2/c1-13-11-14(12-18(7-9-19)8-10-20-2)15-5-3-4-6-16(15)17-13/h3-6,11,19H,7-10,12H2,1-2H3. The lowest BCUT2D eigenvalue weighted by Gasteiger charge is -2.22. The third kappa shape index (κ3) is 3.76.